The molecule has 4 nitrogen and oxygen atoms in total. The van der Waals surface area contributed by atoms with E-state index in [0.29, 0.717) is 18.1 Å². The predicted molar refractivity (Wildman–Crippen MR) is 83.7 cm³/mol. The summed E-state index contributed by atoms with van der Waals surface area (Å²) in [5.41, 5.74) is -0.242. The van der Waals surface area contributed by atoms with E-state index in [2.05, 4.69) is 0 Å². The van der Waals surface area contributed by atoms with E-state index in [1.807, 2.05) is 18.7 Å². The van der Waals surface area contributed by atoms with E-state index in [9.17, 15) is 13.2 Å². The van der Waals surface area contributed by atoms with Crippen molar-refractivity contribution in [3.63, 3.8) is 0 Å². The summed E-state index contributed by atoms with van der Waals surface area (Å²) in [5, 5.41) is -0.418. The van der Waals surface area contributed by atoms with Gasteiger partial charge in [0, 0.05) is 42.2 Å². The monoisotopic (exact) mass is 319 g/mol. The second kappa shape index (κ2) is 5.97. The van der Waals surface area contributed by atoms with Gasteiger partial charge in [-0.15, -0.1) is 0 Å². The molecule has 2 aliphatic rings. The van der Waals surface area contributed by atoms with Crippen LogP contribution in [0.3, 0.4) is 0 Å². The first-order valence-corrected chi connectivity index (χ1v) is 10.4. The Bertz CT molecular complexity index is 473. The first-order chi connectivity index (χ1) is 9.22. The fourth-order valence-corrected chi connectivity index (χ4v) is 6.23. The summed E-state index contributed by atoms with van der Waals surface area (Å²) in [6, 6.07) is 0. The van der Waals surface area contributed by atoms with E-state index in [-0.39, 0.29) is 11.3 Å². The zero-order valence-corrected chi connectivity index (χ0v) is 14.2. The van der Waals surface area contributed by atoms with Crippen LogP contribution in [0, 0.1) is 11.3 Å². The zero-order chi connectivity index (χ0) is 15.0. The van der Waals surface area contributed by atoms with Gasteiger partial charge in [0.05, 0.1) is 0 Å². The fraction of sp³-hybridized carbons (Fsp3) is 0.929. The van der Waals surface area contributed by atoms with Crippen molar-refractivity contribution in [1.82, 2.24) is 4.90 Å². The summed E-state index contributed by atoms with van der Waals surface area (Å²) >= 11 is 1.69. The molecule has 1 saturated carbocycles. The van der Waals surface area contributed by atoms with Gasteiger partial charge in [-0.1, -0.05) is 20.3 Å². The average Bonchev–Trinajstić information content (AvgIpc) is 2.34. The molecule has 0 aromatic rings. The number of hydrogen-bond acceptors (Lipinski definition) is 5. The van der Waals surface area contributed by atoms with Crippen molar-refractivity contribution in [2.45, 2.75) is 38.5 Å². The van der Waals surface area contributed by atoms with Crippen LogP contribution in [0.4, 0.5) is 0 Å². The molecule has 2 atom stereocenters. The second-order valence-corrected chi connectivity index (χ2v) is 10.0. The topological polar surface area (TPSA) is 54.5 Å². The van der Waals surface area contributed by atoms with Gasteiger partial charge in [0.25, 0.3) is 0 Å². The third kappa shape index (κ3) is 3.57. The minimum absolute atomic E-state index is 0.00565. The molecule has 0 bridgehead atoms. The molecule has 0 radical (unpaired) electrons. The van der Waals surface area contributed by atoms with E-state index < -0.39 is 15.2 Å². The lowest BCUT2D eigenvalue weighted by atomic mass is 9.71. The van der Waals surface area contributed by atoms with Gasteiger partial charge in [-0.3, -0.25) is 9.69 Å². The van der Waals surface area contributed by atoms with Gasteiger partial charge < -0.3 is 0 Å². The van der Waals surface area contributed by atoms with Gasteiger partial charge in [0.15, 0.2) is 9.84 Å². The molecule has 0 amide bonds. The van der Waals surface area contributed by atoms with Crippen LogP contribution in [0.2, 0.25) is 0 Å². The lowest BCUT2D eigenvalue weighted by Gasteiger charge is -2.40. The van der Waals surface area contributed by atoms with Crippen molar-refractivity contribution >= 4 is 27.4 Å². The van der Waals surface area contributed by atoms with Gasteiger partial charge in [-0.2, -0.15) is 11.8 Å². The molecule has 2 unspecified atom stereocenters. The van der Waals surface area contributed by atoms with Crippen LogP contribution in [0.15, 0.2) is 0 Å². The van der Waals surface area contributed by atoms with E-state index in [1.54, 1.807) is 11.8 Å². The summed E-state index contributed by atoms with van der Waals surface area (Å²) in [6.07, 6.45) is 4.23. The van der Waals surface area contributed by atoms with Crippen molar-refractivity contribution in [2.24, 2.45) is 11.3 Å². The van der Waals surface area contributed by atoms with E-state index in [1.165, 1.54) is 6.26 Å². The number of hydrogen-bond donors (Lipinski definition) is 0. The Hall–Kier alpha value is -0.0700. The molecule has 1 saturated heterocycles. The van der Waals surface area contributed by atoms with Crippen LogP contribution in [0.5, 0.6) is 0 Å². The highest BCUT2D eigenvalue weighted by Crippen LogP contribution is 2.36. The Labute approximate surface area is 126 Å². The number of sulfone groups is 1. The van der Waals surface area contributed by atoms with Crippen molar-refractivity contribution in [1.29, 1.82) is 0 Å². The Morgan fingerprint density at radius 3 is 2.75 bits per heavy atom. The van der Waals surface area contributed by atoms with E-state index in [0.717, 1.165) is 31.6 Å². The largest absolute Gasteiger partial charge is 0.299 e. The van der Waals surface area contributed by atoms with Crippen LogP contribution in [-0.2, 0) is 14.6 Å². The maximum Gasteiger partial charge on any atom is 0.164 e. The third-order valence-corrected chi connectivity index (χ3v) is 7.22. The first-order valence-electron chi connectivity index (χ1n) is 7.27. The highest BCUT2D eigenvalue weighted by Gasteiger charge is 2.40. The standard InChI is InChI=1S/C14H25NO3S2/c1-14(2)6-4-5-11(13(14)16)9-15-7-8-19-10-12(15)20(3,17)18/h11-12H,4-10H2,1-3H3. The Morgan fingerprint density at radius 2 is 2.10 bits per heavy atom. The lowest BCUT2D eigenvalue weighted by molar-refractivity contribution is -0.135. The van der Waals surface area contributed by atoms with Crippen molar-refractivity contribution in [2.75, 3.05) is 30.9 Å². The number of carbonyl (C=O) groups is 1. The number of ketones is 1. The van der Waals surface area contributed by atoms with Gasteiger partial charge in [-0.25, -0.2) is 8.42 Å². The minimum Gasteiger partial charge on any atom is -0.299 e. The predicted octanol–water partition coefficient (Wildman–Crippen LogP) is 1.80. The molecule has 2 rings (SSSR count). The lowest BCUT2D eigenvalue weighted by Crippen LogP contribution is -2.51. The molecule has 1 aliphatic heterocycles. The number of rotatable bonds is 3. The smallest absolute Gasteiger partial charge is 0.164 e. The first kappa shape index (κ1) is 16.3. The molecule has 1 aliphatic carbocycles. The summed E-state index contributed by atoms with van der Waals surface area (Å²) in [4.78, 5) is 14.5. The molecule has 116 valence electrons. The Kier molecular flexibility index (Phi) is 4.87. The molecule has 1 heterocycles. The van der Waals surface area contributed by atoms with Gasteiger partial charge in [-0.05, 0) is 12.8 Å². The van der Waals surface area contributed by atoms with Crippen LogP contribution < -0.4 is 0 Å². The highest BCUT2D eigenvalue weighted by atomic mass is 32.2. The highest BCUT2D eigenvalue weighted by molar-refractivity contribution is 8.00. The summed E-state index contributed by atoms with van der Waals surface area (Å²) in [7, 11) is -3.08. The molecular weight excluding hydrogens is 294 g/mol. The Morgan fingerprint density at radius 1 is 1.40 bits per heavy atom. The molecule has 0 aromatic heterocycles. The second-order valence-electron chi connectivity index (χ2n) is 6.69. The molecule has 0 spiro atoms. The van der Waals surface area contributed by atoms with E-state index in [4.69, 9.17) is 0 Å². The van der Waals surface area contributed by atoms with Gasteiger partial charge in [0.1, 0.15) is 11.2 Å². The summed E-state index contributed by atoms with van der Waals surface area (Å²) in [6.45, 7) is 5.41. The summed E-state index contributed by atoms with van der Waals surface area (Å²) in [5.74, 6) is 1.90. The molecule has 0 N–H and O–H groups in total. The molecule has 20 heavy (non-hydrogen) atoms. The van der Waals surface area contributed by atoms with Crippen LogP contribution in [-0.4, -0.2) is 55.3 Å². The zero-order valence-electron chi connectivity index (χ0n) is 12.6. The summed E-state index contributed by atoms with van der Waals surface area (Å²) < 4.78 is 23.8. The average molecular weight is 319 g/mol. The normalized spacial score (nSPS) is 32.2. The fourth-order valence-electron chi connectivity index (χ4n) is 3.27. The number of Topliss-reactive ketones (excluding diaryl/α,β-unsaturated/α-hetero) is 1. The van der Waals surface area contributed by atoms with Crippen LogP contribution in [0.25, 0.3) is 0 Å². The van der Waals surface area contributed by atoms with Crippen LogP contribution >= 0.6 is 11.8 Å². The molecule has 2 fully saturated rings. The quantitative estimate of drug-likeness (QED) is 0.794. The van der Waals surface area contributed by atoms with Crippen molar-refractivity contribution in [3.8, 4) is 0 Å². The Balaban J connectivity index is 2.09. The number of thioether (sulfide) groups is 1. The molecular formula is C14H25NO3S2. The van der Waals surface area contributed by atoms with Crippen molar-refractivity contribution < 1.29 is 13.2 Å². The van der Waals surface area contributed by atoms with Crippen molar-refractivity contribution in [3.05, 3.63) is 0 Å². The maximum absolute atomic E-state index is 12.5. The number of nitrogens with zero attached hydrogens (tertiary/aromatic N) is 1. The molecule has 6 heteroatoms. The SMILES string of the molecule is CC1(C)CCCC(CN2CCSCC2S(C)(=O)=O)C1=O. The molecule has 0 aromatic carbocycles. The van der Waals surface area contributed by atoms with Gasteiger partial charge in [0.2, 0.25) is 0 Å². The van der Waals surface area contributed by atoms with Crippen LogP contribution in [0.1, 0.15) is 33.1 Å². The van der Waals surface area contributed by atoms with E-state index >= 15 is 0 Å². The maximum atomic E-state index is 12.5. The number of carbonyl (C=O) groups excluding carboxylic acids is 1. The minimum atomic E-state index is -3.08. The van der Waals surface area contributed by atoms with Gasteiger partial charge >= 0.3 is 0 Å². The third-order valence-electron chi connectivity index (χ3n) is 4.53.